The Kier molecular flexibility index (Phi) is 4.48. The second-order valence-electron chi connectivity index (χ2n) is 5.45. The van der Waals surface area contributed by atoms with E-state index < -0.39 is 11.4 Å². The highest BCUT2D eigenvalue weighted by molar-refractivity contribution is 5.95. The standard InChI is InChI=1S/C15H19NO3/c1-10-9-11(6-8-13(17)18)5-7-12(10)16-14(19)15(2,3)4/h5-9H,1-4H3,(H,16,19)(H,17,18). The van der Waals surface area contributed by atoms with E-state index in [4.69, 9.17) is 5.11 Å². The van der Waals surface area contributed by atoms with E-state index in [2.05, 4.69) is 5.32 Å². The van der Waals surface area contributed by atoms with Crippen LogP contribution < -0.4 is 5.32 Å². The quantitative estimate of drug-likeness (QED) is 0.822. The van der Waals surface area contributed by atoms with Crippen LogP contribution in [-0.4, -0.2) is 17.0 Å². The molecule has 0 atom stereocenters. The Balaban J connectivity index is 2.89. The van der Waals surface area contributed by atoms with Crippen LogP contribution in [0.15, 0.2) is 24.3 Å². The van der Waals surface area contributed by atoms with Gasteiger partial charge in [-0.1, -0.05) is 26.8 Å². The molecule has 0 aliphatic carbocycles. The monoisotopic (exact) mass is 261 g/mol. The van der Waals surface area contributed by atoms with Gasteiger partial charge in [0.25, 0.3) is 0 Å². The summed E-state index contributed by atoms with van der Waals surface area (Å²) >= 11 is 0. The summed E-state index contributed by atoms with van der Waals surface area (Å²) in [5.74, 6) is -1.04. The maximum absolute atomic E-state index is 11.9. The van der Waals surface area contributed by atoms with Crippen LogP contribution in [0.3, 0.4) is 0 Å². The largest absolute Gasteiger partial charge is 0.478 e. The Morgan fingerprint density at radius 3 is 2.37 bits per heavy atom. The van der Waals surface area contributed by atoms with Crippen LogP contribution in [0, 0.1) is 12.3 Å². The van der Waals surface area contributed by atoms with Crippen molar-refractivity contribution in [1.82, 2.24) is 0 Å². The number of nitrogens with one attached hydrogen (secondary N) is 1. The Bertz CT molecular complexity index is 525. The number of carboxylic acid groups (broad SMARTS) is 1. The summed E-state index contributed by atoms with van der Waals surface area (Å²) in [6.07, 6.45) is 2.60. The van der Waals surface area contributed by atoms with E-state index in [9.17, 15) is 9.59 Å². The summed E-state index contributed by atoms with van der Waals surface area (Å²) in [7, 11) is 0. The molecule has 1 amide bonds. The third-order valence-electron chi connectivity index (χ3n) is 2.60. The molecule has 0 heterocycles. The first-order valence-corrected chi connectivity index (χ1v) is 6.03. The van der Waals surface area contributed by atoms with Gasteiger partial charge >= 0.3 is 5.97 Å². The Morgan fingerprint density at radius 2 is 1.89 bits per heavy atom. The van der Waals surface area contributed by atoms with Gasteiger partial charge in [0.2, 0.25) is 5.91 Å². The Morgan fingerprint density at radius 1 is 1.26 bits per heavy atom. The van der Waals surface area contributed by atoms with Crippen LogP contribution in [0.4, 0.5) is 5.69 Å². The molecule has 0 bridgehead atoms. The molecule has 1 aromatic carbocycles. The number of carbonyl (C=O) groups excluding carboxylic acids is 1. The Hall–Kier alpha value is -2.10. The second kappa shape index (κ2) is 5.69. The first kappa shape index (κ1) is 15.0. The molecule has 102 valence electrons. The van der Waals surface area contributed by atoms with Crippen molar-refractivity contribution in [3.05, 3.63) is 35.4 Å². The fraction of sp³-hybridized carbons (Fsp3) is 0.333. The fourth-order valence-corrected chi connectivity index (χ4v) is 1.41. The predicted molar refractivity (Wildman–Crippen MR) is 75.9 cm³/mol. The van der Waals surface area contributed by atoms with Crippen molar-refractivity contribution >= 4 is 23.6 Å². The van der Waals surface area contributed by atoms with Gasteiger partial charge in [0.1, 0.15) is 0 Å². The summed E-state index contributed by atoms with van der Waals surface area (Å²) in [4.78, 5) is 22.3. The number of carboxylic acids is 1. The molecule has 1 aromatic rings. The maximum atomic E-state index is 11.9. The molecule has 0 saturated heterocycles. The highest BCUT2D eigenvalue weighted by atomic mass is 16.4. The van der Waals surface area contributed by atoms with E-state index in [1.165, 1.54) is 6.08 Å². The van der Waals surface area contributed by atoms with Gasteiger partial charge in [0.05, 0.1) is 0 Å². The van der Waals surface area contributed by atoms with E-state index in [0.29, 0.717) is 0 Å². The smallest absolute Gasteiger partial charge is 0.328 e. The van der Waals surface area contributed by atoms with E-state index in [-0.39, 0.29) is 5.91 Å². The molecule has 2 N–H and O–H groups in total. The normalized spacial score (nSPS) is 11.6. The topological polar surface area (TPSA) is 66.4 Å². The average molecular weight is 261 g/mol. The minimum absolute atomic E-state index is 0.0515. The first-order valence-electron chi connectivity index (χ1n) is 6.03. The van der Waals surface area contributed by atoms with Gasteiger partial charge in [-0.15, -0.1) is 0 Å². The number of aryl methyl sites for hydroxylation is 1. The van der Waals surface area contributed by atoms with Crippen molar-refractivity contribution < 1.29 is 14.7 Å². The number of amides is 1. The number of benzene rings is 1. The lowest BCUT2D eigenvalue weighted by molar-refractivity contribution is -0.131. The van der Waals surface area contributed by atoms with Crippen molar-refractivity contribution in [2.24, 2.45) is 5.41 Å². The molecule has 0 aliphatic heterocycles. The minimum atomic E-state index is -0.984. The molecule has 19 heavy (non-hydrogen) atoms. The molecule has 0 aromatic heterocycles. The third kappa shape index (κ3) is 4.58. The minimum Gasteiger partial charge on any atom is -0.478 e. The number of carbonyl (C=O) groups is 2. The van der Waals surface area contributed by atoms with E-state index >= 15 is 0 Å². The zero-order chi connectivity index (χ0) is 14.6. The molecule has 0 unspecified atom stereocenters. The third-order valence-corrected chi connectivity index (χ3v) is 2.60. The predicted octanol–water partition coefficient (Wildman–Crippen LogP) is 3.08. The molecule has 4 nitrogen and oxygen atoms in total. The number of hydrogen-bond donors (Lipinski definition) is 2. The summed E-state index contributed by atoms with van der Waals surface area (Å²) in [6, 6.07) is 5.38. The lowest BCUT2D eigenvalue weighted by Crippen LogP contribution is -2.27. The van der Waals surface area contributed by atoms with Crippen LogP contribution in [0.25, 0.3) is 6.08 Å². The van der Waals surface area contributed by atoms with Crippen LogP contribution in [-0.2, 0) is 9.59 Å². The summed E-state index contributed by atoms with van der Waals surface area (Å²) in [6.45, 7) is 7.42. The van der Waals surface area contributed by atoms with Gasteiger partial charge in [0.15, 0.2) is 0 Å². The summed E-state index contributed by atoms with van der Waals surface area (Å²) < 4.78 is 0. The number of aliphatic carboxylic acids is 1. The van der Waals surface area contributed by atoms with Crippen LogP contribution in [0.5, 0.6) is 0 Å². The molecule has 0 fully saturated rings. The van der Waals surface area contributed by atoms with Crippen molar-refractivity contribution in [1.29, 1.82) is 0 Å². The maximum Gasteiger partial charge on any atom is 0.328 e. The lowest BCUT2D eigenvalue weighted by atomic mass is 9.95. The van der Waals surface area contributed by atoms with Crippen LogP contribution in [0.2, 0.25) is 0 Å². The zero-order valence-electron chi connectivity index (χ0n) is 11.7. The van der Waals surface area contributed by atoms with Gasteiger partial charge in [-0.2, -0.15) is 0 Å². The Labute approximate surface area is 113 Å². The molecule has 0 aliphatic rings. The lowest BCUT2D eigenvalue weighted by Gasteiger charge is -2.18. The highest BCUT2D eigenvalue weighted by Crippen LogP contribution is 2.21. The SMILES string of the molecule is Cc1cc(C=CC(=O)O)ccc1NC(=O)C(C)(C)C. The fourth-order valence-electron chi connectivity index (χ4n) is 1.41. The molecular weight excluding hydrogens is 242 g/mol. The number of hydrogen-bond acceptors (Lipinski definition) is 2. The summed E-state index contributed by atoms with van der Waals surface area (Å²) in [5.41, 5.74) is 1.97. The highest BCUT2D eigenvalue weighted by Gasteiger charge is 2.21. The van der Waals surface area contributed by atoms with Crippen molar-refractivity contribution in [2.75, 3.05) is 5.32 Å². The van der Waals surface area contributed by atoms with Crippen LogP contribution >= 0.6 is 0 Å². The van der Waals surface area contributed by atoms with Gasteiger partial charge in [-0.25, -0.2) is 4.79 Å². The molecular formula is C15H19NO3. The molecule has 0 saturated carbocycles. The van der Waals surface area contributed by atoms with Gasteiger partial charge < -0.3 is 10.4 Å². The van der Waals surface area contributed by atoms with Crippen LogP contribution in [0.1, 0.15) is 31.9 Å². The first-order chi connectivity index (χ1) is 8.70. The van der Waals surface area contributed by atoms with Crippen molar-refractivity contribution in [3.63, 3.8) is 0 Å². The van der Waals surface area contributed by atoms with Gasteiger partial charge in [-0.3, -0.25) is 4.79 Å². The van der Waals surface area contributed by atoms with Gasteiger partial charge in [0, 0.05) is 17.2 Å². The van der Waals surface area contributed by atoms with Gasteiger partial charge in [-0.05, 0) is 36.3 Å². The molecule has 1 rings (SSSR count). The molecule has 4 heteroatoms. The van der Waals surface area contributed by atoms with E-state index in [1.54, 1.807) is 12.1 Å². The number of rotatable bonds is 3. The zero-order valence-corrected chi connectivity index (χ0v) is 11.7. The van der Waals surface area contributed by atoms with E-state index in [1.807, 2.05) is 33.8 Å². The number of anilines is 1. The van der Waals surface area contributed by atoms with Crippen molar-refractivity contribution in [2.45, 2.75) is 27.7 Å². The molecule has 0 radical (unpaired) electrons. The second-order valence-corrected chi connectivity index (χ2v) is 5.45. The molecule has 0 spiro atoms. The van der Waals surface area contributed by atoms with Crippen molar-refractivity contribution in [3.8, 4) is 0 Å². The summed E-state index contributed by atoms with van der Waals surface area (Å²) in [5, 5.41) is 11.4. The van der Waals surface area contributed by atoms with E-state index in [0.717, 1.165) is 22.9 Å². The average Bonchev–Trinajstić information content (AvgIpc) is 2.28.